The van der Waals surface area contributed by atoms with Gasteiger partial charge in [-0.25, -0.2) is 23.4 Å². The molecular weight excluding hydrogens is 322 g/mol. The van der Waals surface area contributed by atoms with Crippen molar-refractivity contribution in [3.05, 3.63) is 47.5 Å². The molecule has 1 aliphatic heterocycles. The summed E-state index contributed by atoms with van der Waals surface area (Å²) in [5, 5.41) is 2.44. The van der Waals surface area contributed by atoms with Gasteiger partial charge < -0.3 is 19.5 Å². The molecule has 0 fully saturated rings. The van der Waals surface area contributed by atoms with E-state index in [9.17, 15) is 18.4 Å². The number of carbonyl (C=O) groups excluding carboxylic acids is 2. The SMILES string of the molecule is COC(=O)c1cc(F)c(F)cc1NC(=O)N1CCn2cncc2C1. The minimum absolute atomic E-state index is 0.148. The number of ether oxygens (including phenoxy) is 1. The summed E-state index contributed by atoms with van der Waals surface area (Å²) >= 11 is 0. The Hall–Kier alpha value is -2.97. The highest BCUT2D eigenvalue weighted by Gasteiger charge is 2.23. The van der Waals surface area contributed by atoms with E-state index in [2.05, 4.69) is 15.0 Å². The summed E-state index contributed by atoms with van der Waals surface area (Å²) in [6, 6.07) is 0.925. The van der Waals surface area contributed by atoms with Crippen LogP contribution < -0.4 is 5.32 Å². The number of imidazole rings is 1. The van der Waals surface area contributed by atoms with E-state index in [0.717, 1.165) is 18.9 Å². The first-order valence-electron chi connectivity index (χ1n) is 7.12. The van der Waals surface area contributed by atoms with Crippen LogP contribution in [0.3, 0.4) is 0 Å². The third-order valence-electron chi connectivity index (χ3n) is 3.76. The molecule has 24 heavy (non-hydrogen) atoms. The van der Waals surface area contributed by atoms with E-state index in [4.69, 9.17) is 0 Å². The summed E-state index contributed by atoms with van der Waals surface area (Å²) in [5.74, 6) is -3.24. The van der Waals surface area contributed by atoms with E-state index in [-0.39, 0.29) is 11.3 Å². The maximum absolute atomic E-state index is 13.5. The zero-order chi connectivity index (χ0) is 17.3. The van der Waals surface area contributed by atoms with Crippen LogP contribution in [-0.4, -0.2) is 40.1 Å². The molecule has 0 radical (unpaired) electrons. The van der Waals surface area contributed by atoms with E-state index >= 15 is 0 Å². The highest BCUT2D eigenvalue weighted by Crippen LogP contribution is 2.22. The van der Waals surface area contributed by atoms with Crippen molar-refractivity contribution >= 4 is 17.7 Å². The largest absolute Gasteiger partial charge is 0.465 e. The number of nitrogens with one attached hydrogen (secondary N) is 1. The van der Waals surface area contributed by atoms with Gasteiger partial charge in [-0.05, 0) is 6.07 Å². The number of hydrogen-bond donors (Lipinski definition) is 1. The Morgan fingerprint density at radius 1 is 1.25 bits per heavy atom. The van der Waals surface area contributed by atoms with Crippen molar-refractivity contribution in [2.45, 2.75) is 13.1 Å². The number of anilines is 1. The second-order valence-corrected chi connectivity index (χ2v) is 5.23. The van der Waals surface area contributed by atoms with Crippen molar-refractivity contribution in [1.82, 2.24) is 14.5 Å². The number of aromatic nitrogens is 2. The van der Waals surface area contributed by atoms with Gasteiger partial charge in [-0.1, -0.05) is 0 Å². The van der Waals surface area contributed by atoms with Crippen LogP contribution in [0.1, 0.15) is 16.1 Å². The lowest BCUT2D eigenvalue weighted by Crippen LogP contribution is -2.40. The monoisotopic (exact) mass is 336 g/mol. The van der Waals surface area contributed by atoms with Crippen LogP contribution in [-0.2, 0) is 17.8 Å². The lowest BCUT2D eigenvalue weighted by molar-refractivity contribution is 0.0601. The van der Waals surface area contributed by atoms with Gasteiger partial charge in [0.25, 0.3) is 0 Å². The molecule has 2 aromatic rings. The fourth-order valence-electron chi connectivity index (χ4n) is 2.48. The van der Waals surface area contributed by atoms with Gasteiger partial charge in [0, 0.05) is 25.4 Å². The molecular formula is C15H14F2N4O3. The van der Waals surface area contributed by atoms with E-state index in [1.54, 1.807) is 12.5 Å². The number of urea groups is 1. The third-order valence-corrected chi connectivity index (χ3v) is 3.76. The number of methoxy groups -OCH3 is 1. The second kappa shape index (κ2) is 6.26. The third kappa shape index (κ3) is 2.92. The van der Waals surface area contributed by atoms with Gasteiger partial charge in [0.15, 0.2) is 11.6 Å². The molecule has 2 heterocycles. The molecule has 0 bridgehead atoms. The van der Waals surface area contributed by atoms with Gasteiger partial charge in [0.2, 0.25) is 0 Å². The number of rotatable bonds is 2. The van der Waals surface area contributed by atoms with Gasteiger partial charge in [-0.3, -0.25) is 0 Å². The second-order valence-electron chi connectivity index (χ2n) is 5.23. The van der Waals surface area contributed by atoms with Crippen LogP contribution in [0.4, 0.5) is 19.3 Å². The molecule has 3 rings (SSSR count). The normalized spacial score (nSPS) is 13.4. The van der Waals surface area contributed by atoms with E-state index in [1.807, 2.05) is 4.57 Å². The van der Waals surface area contributed by atoms with E-state index in [1.165, 1.54) is 4.90 Å². The Bertz CT molecular complexity index is 806. The fraction of sp³-hybridized carbons (Fsp3) is 0.267. The molecule has 1 N–H and O–H groups in total. The first-order valence-corrected chi connectivity index (χ1v) is 7.12. The molecule has 0 saturated carbocycles. The number of fused-ring (bicyclic) bond motifs is 1. The molecule has 2 amide bonds. The molecule has 0 aliphatic carbocycles. The van der Waals surface area contributed by atoms with Gasteiger partial charge >= 0.3 is 12.0 Å². The van der Waals surface area contributed by atoms with Gasteiger partial charge in [0.05, 0.1) is 36.9 Å². The van der Waals surface area contributed by atoms with Crippen LogP contribution >= 0.6 is 0 Å². The van der Waals surface area contributed by atoms with Crippen LogP contribution in [0.15, 0.2) is 24.7 Å². The van der Waals surface area contributed by atoms with E-state index < -0.39 is 23.6 Å². The molecule has 0 spiro atoms. The number of carbonyl (C=O) groups is 2. The average molecular weight is 336 g/mol. The lowest BCUT2D eigenvalue weighted by atomic mass is 10.1. The lowest BCUT2D eigenvalue weighted by Gasteiger charge is -2.28. The molecule has 9 heteroatoms. The average Bonchev–Trinajstić information content (AvgIpc) is 3.04. The topological polar surface area (TPSA) is 76.5 Å². The minimum atomic E-state index is -1.20. The Morgan fingerprint density at radius 2 is 2.00 bits per heavy atom. The van der Waals surface area contributed by atoms with Gasteiger partial charge in [0.1, 0.15) is 0 Å². The fourth-order valence-corrected chi connectivity index (χ4v) is 2.48. The van der Waals surface area contributed by atoms with E-state index in [0.29, 0.717) is 25.7 Å². The zero-order valence-corrected chi connectivity index (χ0v) is 12.8. The van der Waals surface area contributed by atoms with Crippen LogP contribution in [0.2, 0.25) is 0 Å². The van der Waals surface area contributed by atoms with Crippen molar-refractivity contribution in [2.75, 3.05) is 19.0 Å². The Labute approximate surface area is 135 Å². The number of nitrogens with zero attached hydrogens (tertiary/aromatic N) is 3. The predicted octanol–water partition coefficient (Wildman–Crippen LogP) is 2.00. The highest BCUT2D eigenvalue weighted by atomic mass is 19.2. The maximum Gasteiger partial charge on any atom is 0.340 e. The molecule has 1 aromatic heterocycles. The molecule has 1 aliphatic rings. The molecule has 0 unspecified atom stereocenters. The number of hydrogen-bond acceptors (Lipinski definition) is 4. The smallest absolute Gasteiger partial charge is 0.340 e. The Kier molecular flexibility index (Phi) is 4.15. The van der Waals surface area contributed by atoms with Crippen LogP contribution in [0, 0.1) is 11.6 Å². The number of esters is 1. The van der Waals surface area contributed by atoms with Crippen molar-refractivity contribution in [2.24, 2.45) is 0 Å². The van der Waals surface area contributed by atoms with Crippen molar-refractivity contribution < 1.29 is 23.1 Å². The van der Waals surface area contributed by atoms with Gasteiger partial charge in [-0.15, -0.1) is 0 Å². The van der Waals surface area contributed by atoms with Crippen molar-refractivity contribution in [3.8, 4) is 0 Å². The minimum Gasteiger partial charge on any atom is -0.465 e. The predicted molar refractivity (Wildman–Crippen MR) is 79.4 cm³/mol. The van der Waals surface area contributed by atoms with Crippen molar-refractivity contribution in [3.63, 3.8) is 0 Å². The van der Waals surface area contributed by atoms with Crippen molar-refractivity contribution in [1.29, 1.82) is 0 Å². The standard InChI is InChI=1S/C15H14F2N4O3/c1-24-14(22)10-4-11(16)12(17)5-13(10)19-15(23)20-2-3-21-8-18-6-9(21)7-20/h4-6,8H,2-3,7H2,1H3,(H,19,23). The van der Waals surface area contributed by atoms with Crippen LogP contribution in [0.5, 0.6) is 0 Å². The molecule has 0 saturated heterocycles. The number of benzene rings is 1. The Balaban J connectivity index is 1.82. The zero-order valence-electron chi connectivity index (χ0n) is 12.8. The first kappa shape index (κ1) is 15.9. The first-order chi connectivity index (χ1) is 11.5. The maximum atomic E-state index is 13.5. The Morgan fingerprint density at radius 3 is 2.75 bits per heavy atom. The quantitative estimate of drug-likeness (QED) is 0.851. The molecule has 1 aromatic carbocycles. The molecule has 0 atom stereocenters. The number of amides is 2. The van der Waals surface area contributed by atoms with Gasteiger partial charge in [-0.2, -0.15) is 0 Å². The number of halogens is 2. The molecule has 7 nitrogen and oxygen atoms in total. The molecule has 126 valence electrons. The summed E-state index contributed by atoms with van der Waals surface area (Å²) in [7, 11) is 1.11. The summed E-state index contributed by atoms with van der Waals surface area (Å²) in [5.41, 5.74) is 0.450. The summed E-state index contributed by atoms with van der Waals surface area (Å²) in [6.07, 6.45) is 3.33. The summed E-state index contributed by atoms with van der Waals surface area (Å²) in [6.45, 7) is 1.32. The summed E-state index contributed by atoms with van der Waals surface area (Å²) < 4.78 is 33.3. The van der Waals surface area contributed by atoms with Crippen LogP contribution in [0.25, 0.3) is 0 Å². The summed E-state index contributed by atoms with van der Waals surface area (Å²) in [4.78, 5) is 29.6. The highest BCUT2D eigenvalue weighted by molar-refractivity contribution is 6.00.